The average Bonchev–Trinajstić information content (AvgIpc) is 2.40. The van der Waals surface area contributed by atoms with Gasteiger partial charge in [0, 0.05) is 25.5 Å². The zero-order valence-electron chi connectivity index (χ0n) is 10.3. The summed E-state index contributed by atoms with van der Waals surface area (Å²) in [6.45, 7) is 3.60. The standard InChI is InChI=1S/C12H17N3O3/c1-9(10-3-6-18-7-4-10)14-11-2-5-13-8-12(11)15(16)17/h2,5,8-10H,3-4,6-7H2,1H3,(H,13,14). The molecule has 0 aliphatic carbocycles. The molecule has 2 heterocycles. The molecule has 18 heavy (non-hydrogen) atoms. The van der Waals surface area contributed by atoms with E-state index in [1.54, 1.807) is 12.3 Å². The molecule has 0 radical (unpaired) electrons. The smallest absolute Gasteiger partial charge is 0.310 e. The fourth-order valence-electron chi connectivity index (χ4n) is 2.23. The average molecular weight is 251 g/mol. The molecule has 6 heteroatoms. The van der Waals surface area contributed by atoms with E-state index in [2.05, 4.69) is 17.2 Å². The second-order valence-electron chi connectivity index (χ2n) is 4.53. The molecule has 1 atom stereocenters. The lowest BCUT2D eigenvalue weighted by atomic mass is 9.93. The van der Waals surface area contributed by atoms with Crippen molar-refractivity contribution in [3.63, 3.8) is 0 Å². The minimum absolute atomic E-state index is 0.0245. The Hall–Kier alpha value is -1.69. The van der Waals surface area contributed by atoms with Crippen LogP contribution in [0.3, 0.4) is 0 Å². The molecule has 6 nitrogen and oxygen atoms in total. The minimum atomic E-state index is -0.411. The number of nitrogens with one attached hydrogen (secondary N) is 1. The Morgan fingerprint density at radius 2 is 2.28 bits per heavy atom. The number of hydrogen-bond donors (Lipinski definition) is 1. The first kappa shape index (κ1) is 12.8. The van der Waals surface area contributed by atoms with Crippen molar-refractivity contribution >= 4 is 11.4 Å². The lowest BCUT2D eigenvalue weighted by molar-refractivity contribution is -0.384. The topological polar surface area (TPSA) is 77.3 Å². The third kappa shape index (κ3) is 2.95. The Labute approximate surface area is 106 Å². The van der Waals surface area contributed by atoms with Crippen LogP contribution in [-0.2, 0) is 4.74 Å². The van der Waals surface area contributed by atoms with E-state index in [0.717, 1.165) is 26.1 Å². The molecule has 1 saturated heterocycles. The van der Waals surface area contributed by atoms with Crippen molar-refractivity contribution in [2.75, 3.05) is 18.5 Å². The van der Waals surface area contributed by atoms with Gasteiger partial charge in [0.1, 0.15) is 11.9 Å². The highest BCUT2D eigenvalue weighted by molar-refractivity contribution is 5.60. The number of rotatable bonds is 4. The van der Waals surface area contributed by atoms with Gasteiger partial charge < -0.3 is 10.1 Å². The molecule has 0 spiro atoms. The van der Waals surface area contributed by atoms with E-state index in [1.165, 1.54) is 6.20 Å². The Bertz CT molecular complexity index is 419. The number of aromatic nitrogens is 1. The van der Waals surface area contributed by atoms with Gasteiger partial charge >= 0.3 is 5.69 Å². The van der Waals surface area contributed by atoms with Crippen molar-refractivity contribution < 1.29 is 9.66 Å². The lowest BCUT2D eigenvalue weighted by Crippen LogP contribution is -2.31. The largest absolute Gasteiger partial charge is 0.381 e. The van der Waals surface area contributed by atoms with Gasteiger partial charge in [-0.15, -0.1) is 0 Å². The number of nitro groups is 1. The van der Waals surface area contributed by atoms with Crippen LogP contribution in [0.1, 0.15) is 19.8 Å². The SMILES string of the molecule is CC(Nc1ccncc1[N+](=O)[O-])C1CCOCC1. The van der Waals surface area contributed by atoms with Gasteiger partial charge in [0.15, 0.2) is 0 Å². The van der Waals surface area contributed by atoms with E-state index in [0.29, 0.717) is 11.6 Å². The molecule has 0 bridgehead atoms. The van der Waals surface area contributed by atoms with Crippen LogP contribution < -0.4 is 5.32 Å². The highest BCUT2D eigenvalue weighted by atomic mass is 16.6. The summed E-state index contributed by atoms with van der Waals surface area (Å²) in [7, 11) is 0. The van der Waals surface area contributed by atoms with Crippen molar-refractivity contribution in [1.82, 2.24) is 4.98 Å². The molecule has 1 aromatic rings. The van der Waals surface area contributed by atoms with Gasteiger partial charge in [0.2, 0.25) is 0 Å². The number of pyridine rings is 1. The summed E-state index contributed by atoms with van der Waals surface area (Å²) in [5, 5.41) is 14.1. The minimum Gasteiger partial charge on any atom is -0.381 e. The monoisotopic (exact) mass is 251 g/mol. The Kier molecular flexibility index (Phi) is 4.09. The van der Waals surface area contributed by atoms with E-state index in [9.17, 15) is 10.1 Å². The highest BCUT2D eigenvalue weighted by Gasteiger charge is 2.22. The van der Waals surface area contributed by atoms with Crippen LogP contribution in [0, 0.1) is 16.0 Å². The summed E-state index contributed by atoms with van der Waals surface area (Å²) in [4.78, 5) is 14.3. The molecule has 0 amide bonds. The van der Waals surface area contributed by atoms with Crippen molar-refractivity contribution in [2.45, 2.75) is 25.8 Å². The van der Waals surface area contributed by atoms with E-state index >= 15 is 0 Å². The summed E-state index contributed by atoms with van der Waals surface area (Å²) >= 11 is 0. The number of anilines is 1. The molecule has 0 saturated carbocycles. The first-order chi connectivity index (χ1) is 8.68. The Morgan fingerprint density at radius 1 is 1.56 bits per heavy atom. The van der Waals surface area contributed by atoms with Crippen molar-refractivity contribution in [3.05, 3.63) is 28.6 Å². The van der Waals surface area contributed by atoms with Crippen LogP contribution in [0.25, 0.3) is 0 Å². The maximum Gasteiger partial charge on any atom is 0.310 e. The van der Waals surface area contributed by atoms with Crippen LogP contribution in [0.4, 0.5) is 11.4 Å². The second-order valence-corrected chi connectivity index (χ2v) is 4.53. The molecule has 1 aliphatic heterocycles. The van der Waals surface area contributed by atoms with Gasteiger partial charge in [0.05, 0.1) is 4.92 Å². The summed E-state index contributed by atoms with van der Waals surface area (Å²) in [6, 6.07) is 1.84. The zero-order valence-corrected chi connectivity index (χ0v) is 10.3. The molecular formula is C12H17N3O3. The molecule has 2 rings (SSSR count). The van der Waals surface area contributed by atoms with E-state index < -0.39 is 4.92 Å². The molecule has 1 unspecified atom stereocenters. The summed E-state index contributed by atoms with van der Waals surface area (Å²) in [5.41, 5.74) is 0.561. The summed E-state index contributed by atoms with van der Waals surface area (Å²) in [6.07, 6.45) is 4.82. The first-order valence-corrected chi connectivity index (χ1v) is 6.11. The quantitative estimate of drug-likeness (QED) is 0.655. The number of hydrogen-bond acceptors (Lipinski definition) is 5. The number of nitrogens with zero attached hydrogens (tertiary/aromatic N) is 2. The summed E-state index contributed by atoms with van der Waals surface area (Å²) in [5.74, 6) is 0.492. The molecule has 0 aromatic carbocycles. The maximum absolute atomic E-state index is 10.9. The Balaban J connectivity index is 2.06. The van der Waals surface area contributed by atoms with Gasteiger partial charge in [0.25, 0.3) is 0 Å². The van der Waals surface area contributed by atoms with Crippen LogP contribution in [-0.4, -0.2) is 29.2 Å². The van der Waals surface area contributed by atoms with E-state index in [1.807, 2.05) is 0 Å². The predicted molar refractivity (Wildman–Crippen MR) is 67.5 cm³/mol. The first-order valence-electron chi connectivity index (χ1n) is 6.11. The molecule has 1 fully saturated rings. The van der Waals surface area contributed by atoms with Crippen molar-refractivity contribution in [2.24, 2.45) is 5.92 Å². The number of ether oxygens (including phenoxy) is 1. The predicted octanol–water partition coefficient (Wildman–Crippen LogP) is 2.22. The fraction of sp³-hybridized carbons (Fsp3) is 0.583. The Morgan fingerprint density at radius 3 is 2.94 bits per heavy atom. The highest BCUT2D eigenvalue weighted by Crippen LogP contribution is 2.26. The fourth-order valence-corrected chi connectivity index (χ4v) is 2.23. The van der Waals surface area contributed by atoms with Gasteiger partial charge in [-0.05, 0) is 31.7 Å². The van der Waals surface area contributed by atoms with Crippen molar-refractivity contribution in [3.8, 4) is 0 Å². The van der Waals surface area contributed by atoms with E-state index in [4.69, 9.17) is 4.74 Å². The molecule has 1 aliphatic rings. The molecule has 1 N–H and O–H groups in total. The van der Waals surface area contributed by atoms with Gasteiger partial charge in [-0.1, -0.05) is 0 Å². The van der Waals surface area contributed by atoms with Gasteiger partial charge in [-0.25, -0.2) is 0 Å². The third-order valence-electron chi connectivity index (χ3n) is 3.35. The maximum atomic E-state index is 10.9. The van der Waals surface area contributed by atoms with Crippen LogP contribution in [0.2, 0.25) is 0 Å². The molecule has 98 valence electrons. The zero-order chi connectivity index (χ0) is 13.0. The lowest BCUT2D eigenvalue weighted by Gasteiger charge is -2.28. The second kappa shape index (κ2) is 5.77. The molecular weight excluding hydrogens is 234 g/mol. The molecule has 1 aromatic heterocycles. The van der Waals surface area contributed by atoms with Gasteiger partial charge in [-0.3, -0.25) is 15.1 Å². The third-order valence-corrected chi connectivity index (χ3v) is 3.35. The van der Waals surface area contributed by atoms with Crippen molar-refractivity contribution in [1.29, 1.82) is 0 Å². The van der Waals surface area contributed by atoms with Crippen LogP contribution in [0.5, 0.6) is 0 Å². The van der Waals surface area contributed by atoms with E-state index in [-0.39, 0.29) is 11.7 Å². The van der Waals surface area contributed by atoms with Crippen LogP contribution in [0.15, 0.2) is 18.5 Å². The van der Waals surface area contributed by atoms with Crippen LogP contribution >= 0.6 is 0 Å². The summed E-state index contributed by atoms with van der Waals surface area (Å²) < 4.78 is 5.32. The normalized spacial score (nSPS) is 18.3. The van der Waals surface area contributed by atoms with Gasteiger partial charge in [-0.2, -0.15) is 0 Å².